The number of nitrogens with two attached hydrogens (primary N) is 1. The molecule has 2 aromatic rings. The molecule has 3 N–H and O–H groups in total. The number of sulfonamides is 1. The number of hydrogen-bond donors (Lipinski definition) is 2. The summed E-state index contributed by atoms with van der Waals surface area (Å²) in [4.78, 5) is 11.9. The van der Waals surface area contributed by atoms with Crippen LogP contribution in [0.4, 0.5) is 4.39 Å². The molecule has 0 aromatic heterocycles. The number of primary sulfonamides is 1. The molecule has 5 nitrogen and oxygen atoms in total. The monoisotopic (exact) mass is 356 g/mol. The molecule has 0 spiro atoms. The van der Waals surface area contributed by atoms with Gasteiger partial charge in [0.1, 0.15) is 5.82 Å². The Hall–Kier alpha value is -1.96. The predicted octanol–water partition coefficient (Wildman–Crippen LogP) is 2.10. The molecule has 0 radical (unpaired) electrons. The minimum atomic E-state index is -3.92. The molecule has 0 bridgehead atoms. The molecule has 0 unspecified atom stereocenters. The molecule has 122 valence electrons. The Bertz CT molecular complexity index is 823. The molecule has 23 heavy (non-hydrogen) atoms. The molecule has 8 heteroatoms. The highest BCUT2D eigenvalue weighted by atomic mass is 35.5. The minimum Gasteiger partial charge on any atom is -0.352 e. The number of hydrogen-bond acceptors (Lipinski definition) is 3. The number of carbonyl (C=O) groups excluding carboxylic acids is 1. The summed E-state index contributed by atoms with van der Waals surface area (Å²) in [5.74, 6) is -0.841. The second-order valence-corrected chi connectivity index (χ2v) is 6.79. The van der Waals surface area contributed by atoms with E-state index in [1.807, 2.05) is 0 Å². The van der Waals surface area contributed by atoms with E-state index in [1.165, 1.54) is 24.3 Å². The van der Waals surface area contributed by atoms with Gasteiger partial charge in [-0.2, -0.15) is 0 Å². The Labute approximate surface area is 138 Å². The molecule has 1 amide bonds. The van der Waals surface area contributed by atoms with Crippen molar-refractivity contribution in [3.8, 4) is 0 Å². The summed E-state index contributed by atoms with van der Waals surface area (Å²) in [7, 11) is -3.92. The molecule has 2 aromatic carbocycles. The average molecular weight is 357 g/mol. The standard InChI is InChI=1S/C15H14ClFN2O3S/c16-14-6-5-12(23(18,21)22)9-13(14)15(20)19-8-7-10-1-3-11(17)4-2-10/h1-6,9H,7-8H2,(H,19,20)(H2,18,21,22). The molecular formula is C15H14ClFN2O3S. The van der Waals surface area contributed by atoms with Crippen LogP contribution < -0.4 is 10.5 Å². The number of carbonyl (C=O) groups is 1. The smallest absolute Gasteiger partial charge is 0.252 e. The third-order valence-electron chi connectivity index (χ3n) is 3.12. The van der Waals surface area contributed by atoms with Crippen molar-refractivity contribution >= 4 is 27.5 Å². The van der Waals surface area contributed by atoms with Gasteiger partial charge in [-0.25, -0.2) is 17.9 Å². The van der Waals surface area contributed by atoms with Gasteiger partial charge in [-0.05, 0) is 42.3 Å². The maximum atomic E-state index is 12.8. The maximum Gasteiger partial charge on any atom is 0.252 e. The average Bonchev–Trinajstić information content (AvgIpc) is 2.48. The van der Waals surface area contributed by atoms with Crippen LogP contribution in [0, 0.1) is 5.82 Å². The van der Waals surface area contributed by atoms with Crippen molar-refractivity contribution in [3.63, 3.8) is 0 Å². The van der Waals surface area contributed by atoms with Crippen LogP contribution in [0.2, 0.25) is 5.02 Å². The maximum absolute atomic E-state index is 12.8. The Morgan fingerprint density at radius 3 is 2.43 bits per heavy atom. The van der Waals surface area contributed by atoms with Crippen molar-refractivity contribution in [1.82, 2.24) is 5.32 Å². The number of amides is 1. The summed E-state index contributed by atoms with van der Waals surface area (Å²) < 4.78 is 35.4. The van der Waals surface area contributed by atoms with Gasteiger partial charge in [0.15, 0.2) is 0 Å². The van der Waals surface area contributed by atoms with Crippen LogP contribution in [0.1, 0.15) is 15.9 Å². The Kier molecular flexibility index (Phi) is 5.35. The predicted molar refractivity (Wildman–Crippen MR) is 85.3 cm³/mol. The Morgan fingerprint density at radius 2 is 1.83 bits per heavy atom. The van der Waals surface area contributed by atoms with Crippen LogP contribution in [-0.2, 0) is 16.4 Å². The van der Waals surface area contributed by atoms with Gasteiger partial charge >= 0.3 is 0 Å². The van der Waals surface area contributed by atoms with E-state index in [4.69, 9.17) is 16.7 Å². The van der Waals surface area contributed by atoms with Crippen LogP contribution >= 0.6 is 11.6 Å². The molecule has 0 heterocycles. The van der Waals surface area contributed by atoms with Crippen molar-refractivity contribution in [2.75, 3.05) is 6.54 Å². The van der Waals surface area contributed by atoms with E-state index >= 15 is 0 Å². The van der Waals surface area contributed by atoms with E-state index in [0.717, 1.165) is 11.6 Å². The molecule has 0 fully saturated rings. The molecule has 0 atom stereocenters. The highest BCUT2D eigenvalue weighted by Gasteiger charge is 2.15. The molecule has 0 aliphatic carbocycles. The number of nitrogens with one attached hydrogen (secondary N) is 1. The number of halogens is 2. The molecule has 0 aliphatic heterocycles. The number of rotatable bonds is 5. The van der Waals surface area contributed by atoms with E-state index in [0.29, 0.717) is 13.0 Å². The normalized spacial score (nSPS) is 11.3. The summed E-state index contributed by atoms with van der Waals surface area (Å²) in [6, 6.07) is 9.58. The SMILES string of the molecule is NS(=O)(=O)c1ccc(Cl)c(C(=O)NCCc2ccc(F)cc2)c1. The van der Waals surface area contributed by atoms with E-state index in [-0.39, 0.29) is 21.3 Å². The second kappa shape index (κ2) is 7.08. The lowest BCUT2D eigenvalue weighted by Crippen LogP contribution is -2.26. The molecular weight excluding hydrogens is 343 g/mol. The molecule has 2 rings (SSSR count). The summed E-state index contributed by atoms with van der Waals surface area (Å²) in [5.41, 5.74) is 0.883. The second-order valence-electron chi connectivity index (χ2n) is 4.82. The third-order valence-corrected chi connectivity index (χ3v) is 4.36. The topological polar surface area (TPSA) is 89.3 Å². The van der Waals surface area contributed by atoms with Gasteiger partial charge in [0.25, 0.3) is 5.91 Å². The molecule has 0 saturated heterocycles. The lowest BCUT2D eigenvalue weighted by atomic mass is 10.1. The van der Waals surface area contributed by atoms with Crippen molar-refractivity contribution in [2.45, 2.75) is 11.3 Å². The minimum absolute atomic E-state index is 0.0253. The first-order valence-corrected chi connectivity index (χ1v) is 8.55. The van der Waals surface area contributed by atoms with E-state index < -0.39 is 15.9 Å². The largest absolute Gasteiger partial charge is 0.352 e. The Morgan fingerprint density at radius 1 is 1.17 bits per heavy atom. The molecule has 0 saturated carbocycles. The van der Waals surface area contributed by atoms with E-state index in [9.17, 15) is 17.6 Å². The highest BCUT2D eigenvalue weighted by molar-refractivity contribution is 7.89. The fraction of sp³-hybridized carbons (Fsp3) is 0.133. The lowest BCUT2D eigenvalue weighted by Gasteiger charge is -2.08. The van der Waals surface area contributed by atoms with Crippen LogP contribution in [0.5, 0.6) is 0 Å². The highest BCUT2D eigenvalue weighted by Crippen LogP contribution is 2.19. The van der Waals surface area contributed by atoms with Gasteiger partial charge in [0.05, 0.1) is 15.5 Å². The van der Waals surface area contributed by atoms with Crippen LogP contribution in [0.25, 0.3) is 0 Å². The van der Waals surface area contributed by atoms with Gasteiger partial charge in [-0.1, -0.05) is 23.7 Å². The van der Waals surface area contributed by atoms with Gasteiger partial charge in [0.2, 0.25) is 10.0 Å². The van der Waals surface area contributed by atoms with Gasteiger partial charge in [-0.15, -0.1) is 0 Å². The van der Waals surface area contributed by atoms with Crippen molar-refractivity contribution < 1.29 is 17.6 Å². The summed E-state index contributed by atoms with van der Waals surface area (Å²) in [6.45, 7) is 0.292. The van der Waals surface area contributed by atoms with Gasteiger partial charge in [0, 0.05) is 6.54 Å². The Balaban J connectivity index is 2.04. The first-order valence-electron chi connectivity index (χ1n) is 6.62. The quantitative estimate of drug-likeness (QED) is 0.859. The van der Waals surface area contributed by atoms with Crippen molar-refractivity contribution in [2.24, 2.45) is 5.14 Å². The summed E-state index contributed by atoms with van der Waals surface area (Å²) in [5, 5.41) is 7.78. The first kappa shape index (κ1) is 17.4. The zero-order valence-electron chi connectivity index (χ0n) is 11.9. The van der Waals surface area contributed by atoms with E-state index in [1.54, 1.807) is 12.1 Å². The van der Waals surface area contributed by atoms with Crippen LogP contribution in [-0.4, -0.2) is 20.9 Å². The van der Waals surface area contributed by atoms with Crippen molar-refractivity contribution in [1.29, 1.82) is 0 Å². The van der Waals surface area contributed by atoms with Gasteiger partial charge < -0.3 is 5.32 Å². The zero-order valence-corrected chi connectivity index (χ0v) is 13.5. The fourth-order valence-electron chi connectivity index (χ4n) is 1.92. The van der Waals surface area contributed by atoms with E-state index in [2.05, 4.69) is 5.32 Å². The van der Waals surface area contributed by atoms with Crippen molar-refractivity contribution in [3.05, 3.63) is 64.4 Å². The summed E-state index contributed by atoms with van der Waals surface area (Å²) >= 11 is 5.92. The fourth-order valence-corrected chi connectivity index (χ4v) is 2.67. The van der Waals surface area contributed by atoms with Crippen LogP contribution in [0.15, 0.2) is 47.4 Å². The summed E-state index contributed by atoms with van der Waals surface area (Å²) in [6.07, 6.45) is 0.499. The first-order chi connectivity index (χ1) is 10.8. The molecule has 0 aliphatic rings. The van der Waals surface area contributed by atoms with Crippen LogP contribution in [0.3, 0.4) is 0 Å². The van der Waals surface area contributed by atoms with Gasteiger partial charge in [-0.3, -0.25) is 4.79 Å². The lowest BCUT2D eigenvalue weighted by molar-refractivity contribution is 0.0954. The third kappa shape index (κ3) is 4.75. The zero-order chi connectivity index (χ0) is 17.0. The number of benzene rings is 2.